The van der Waals surface area contributed by atoms with Crippen LogP contribution < -0.4 is 5.32 Å². The standard InChI is InChI=1S/C11H13N3O2/c1-4-5-14-11(3,10(15)16)9-8(2)12-6-7-13-9/h1,6-7,14H,5H2,2-3H3,(H,15,16). The molecule has 1 aromatic heterocycles. The molecule has 1 heterocycles. The highest BCUT2D eigenvalue weighted by atomic mass is 16.4. The number of carboxylic acids is 1. The van der Waals surface area contributed by atoms with E-state index in [1.54, 1.807) is 6.92 Å². The molecule has 1 rings (SSSR count). The fourth-order valence-corrected chi connectivity index (χ4v) is 1.39. The fraction of sp³-hybridized carbons (Fsp3) is 0.364. The molecule has 1 unspecified atom stereocenters. The van der Waals surface area contributed by atoms with Crippen LogP contribution >= 0.6 is 0 Å². The highest BCUT2D eigenvalue weighted by Gasteiger charge is 2.37. The molecule has 5 heteroatoms. The molecule has 2 N–H and O–H groups in total. The van der Waals surface area contributed by atoms with E-state index in [2.05, 4.69) is 21.2 Å². The molecule has 0 spiro atoms. The molecule has 0 saturated carbocycles. The first-order valence-corrected chi connectivity index (χ1v) is 4.72. The number of aliphatic carboxylic acids is 1. The Morgan fingerprint density at radius 2 is 2.25 bits per heavy atom. The normalized spacial score (nSPS) is 13.8. The zero-order chi connectivity index (χ0) is 12.2. The Labute approximate surface area is 93.9 Å². The molecule has 0 bridgehead atoms. The SMILES string of the molecule is C#CCNC(C)(C(=O)O)c1nccnc1C. The van der Waals surface area contributed by atoms with Crippen LogP contribution in [0.25, 0.3) is 0 Å². The van der Waals surface area contributed by atoms with E-state index in [4.69, 9.17) is 6.42 Å². The summed E-state index contributed by atoms with van der Waals surface area (Å²) in [7, 11) is 0. The molecule has 0 amide bonds. The summed E-state index contributed by atoms with van der Waals surface area (Å²) in [5.41, 5.74) is -0.375. The molecule has 0 fully saturated rings. The Kier molecular flexibility index (Phi) is 3.59. The van der Waals surface area contributed by atoms with E-state index in [0.717, 1.165) is 0 Å². The average molecular weight is 219 g/mol. The number of nitrogens with zero attached hydrogens (tertiary/aromatic N) is 2. The molecule has 0 aromatic carbocycles. The van der Waals surface area contributed by atoms with Crippen LogP contribution in [0.2, 0.25) is 0 Å². The van der Waals surface area contributed by atoms with Crippen molar-refractivity contribution >= 4 is 5.97 Å². The predicted octanol–water partition coefficient (Wildman–Crippen LogP) is 0.308. The van der Waals surface area contributed by atoms with Gasteiger partial charge in [0.15, 0.2) is 5.54 Å². The second-order valence-corrected chi connectivity index (χ2v) is 3.48. The zero-order valence-corrected chi connectivity index (χ0v) is 9.19. The molecule has 0 aliphatic heterocycles. The Balaban J connectivity index is 3.17. The molecule has 0 radical (unpaired) electrons. The van der Waals surface area contributed by atoms with Gasteiger partial charge in [0.1, 0.15) is 0 Å². The minimum absolute atomic E-state index is 0.152. The summed E-state index contributed by atoms with van der Waals surface area (Å²) in [6, 6.07) is 0. The number of aryl methyl sites for hydroxylation is 1. The van der Waals surface area contributed by atoms with Crippen LogP contribution in [0.5, 0.6) is 0 Å². The third-order valence-electron chi connectivity index (χ3n) is 2.33. The van der Waals surface area contributed by atoms with Crippen molar-refractivity contribution in [1.29, 1.82) is 0 Å². The van der Waals surface area contributed by atoms with Crippen molar-refractivity contribution in [2.75, 3.05) is 6.54 Å². The summed E-state index contributed by atoms with van der Waals surface area (Å²) < 4.78 is 0. The van der Waals surface area contributed by atoms with Crippen molar-refractivity contribution in [1.82, 2.24) is 15.3 Å². The van der Waals surface area contributed by atoms with Gasteiger partial charge in [0, 0.05) is 12.4 Å². The van der Waals surface area contributed by atoms with Gasteiger partial charge in [0.05, 0.1) is 17.9 Å². The van der Waals surface area contributed by atoms with Crippen molar-refractivity contribution in [2.45, 2.75) is 19.4 Å². The van der Waals surface area contributed by atoms with Gasteiger partial charge in [-0.05, 0) is 13.8 Å². The number of hydrogen-bond donors (Lipinski definition) is 2. The van der Waals surface area contributed by atoms with Gasteiger partial charge in [0.25, 0.3) is 0 Å². The van der Waals surface area contributed by atoms with Crippen molar-refractivity contribution in [3.05, 3.63) is 23.8 Å². The fourth-order valence-electron chi connectivity index (χ4n) is 1.39. The minimum atomic E-state index is -1.31. The summed E-state index contributed by atoms with van der Waals surface area (Å²) in [6.45, 7) is 3.38. The maximum atomic E-state index is 11.3. The lowest BCUT2D eigenvalue weighted by Gasteiger charge is -2.25. The zero-order valence-electron chi connectivity index (χ0n) is 9.19. The summed E-state index contributed by atoms with van der Waals surface area (Å²) >= 11 is 0. The molecule has 84 valence electrons. The van der Waals surface area contributed by atoms with Gasteiger partial charge in [0.2, 0.25) is 0 Å². The van der Waals surface area contributed by atoms with E-state index in [-0.39, 0.29) is 6.54 Å². The predicted molar refractivity (Wildman–Crippen MR) is 58.6 cm³/mol. The Morgan fingerprint density at radius 3 is 2.75 bits per heavy atom. The van der Waals surface area contributed by atoms with Crippen LogP contribution in [-0.4, -0.2) is 27.6 Å². The van der Waals surface area contributed by atoms with E-state index >= 15 is 0 Å². The van der Waals surface area contributed by atoms with Gasteiger partial charge in [-0.2, -0.15) is 0 Å². The maximum absolute atomic E-state index is 11.3. The average Bonchev–Trinajstić information content (AvgIpc) is 2.26. The second kappa shape index (κ2) is 4.73. The number of hydrogen-bond acceptors (Lipinski definition) is 4. The first kappa shape index (κ1) is 12.1. The summed E-state index contributed by atoms with van der Waals surface area (Å²) in [6.07, 6.45) is 8.09. The van der Waals surface area contributed by atoms with Crippen molar-refractivity contribution in [2.24, 2.45) is 0 Å². The van der Waals surface area contributed by atoms with Crippen molar-refractivity contribution in [3.63, 3.8) is 0 Å². The number of nitrogens with one attached hydrogen (secondary N) is 1. The third-order valence-corrected chi connectivity index (χ3v) is 2.33. The topological polar surface area (TPSA) is 75.1 Å². The highest BCUT2D eigenvalue weighted by Crippen LogP contribution is 2.20. The largest absolute Gasteiger partial charge is 0.480 e. The smallest absolute Gasteiger partial charge is 0.330 e. The summed E-state index contributed by atoms with van der Waals surface area (Å²) in [4.78, 5) is 19.3. The van der Waals surface area contributed by atoms with Gasteiger partial charge in [-0.25, -0.2) is 4.79 Å². The maximum Gasteiger partial charge on any atom is 0.330 e. The minimum Gasteiger partial charge on any atom is -0.480 e. The molecule has 0 saturated heterocycles. The summed E-state index contributed by atoms with van der Waals surface area (Å²) in [5.74, 6) is 1.31. The Bertz CT molecular complexity index is 439. The summed E-state index contributed by atoms with van der Waals surface area (Å²) in [5, 5.41) is 12.0. The van der Waals surface area contributed by atoms with Gasteiger partial charge in [-0.1, -0.05) is 5.92 Å². The van der Waals surface area contributed by atoms with Crippen LogP contribution in [0.3, 0.4) is 0 Å². The van der Waals surface area contributed by atoms with E-state index in [1.165, 1.54) is 19.3 Å². The second-order valence-electron chi connectivity index (χ2n) is 3.48. The Hall–Kier alpha value is -1.93. The van der Waals surface area contributed by atoms with E-state index < -0.39 is 11.5 Å². The molecular weight excluding hydrogens is 206 g/mol. The Morgan fingerprint density at radius 1 is 1.62 bits per heavy atom. The molecule has 0 aliphatic rings. The number of carboxylic acid groups (broad SMARTS) is 1. The first-order chi connectivity index (χ1) is 7.52. The van der Waals surface area contributed by atoms with Crippen molar-refractivity contribution in [3.8, 4) is 12.3 Å². The van der Waals surface area contributed by atoms with Crippen molar-refractivity contribution < 1.29 is 9.90 Å². The number of rotatable bonds is 4. The van der Waals surface area contributed by atoms with Crippen LogP contribution in [-0.2, 0) is 10.3 Å². The van der Waals surface area contributed by atoms with Gasteiger partial charge < -0.3 is 5.11 Å². The molecule has 1 aromatic rings. The van der Waals surface area contributed by atoms with Crippen LogP contribution in [0.1, 0.15) is 18.3 Å². The van der Waals surface area contributed by atoms with Crippen LogP contribution in [0, 0.1) is 19.3 Å². The quantitative estimate of drug-likeness (QED) is 0.713. The van der Waals surface area contributed by atoms with Gasteiger partial charge in [-0.15, -0.1) is 6.42 Å². The molecule has 16 heavy (non-hydrogen) atoms. The van der Waals surface area contributed by atoms with Gasteiger partial charge in [-0.3, -0.25) is 15.3 Å². The third kappa shape index (κ3) is 2.18. The van der Waals surface area contributed by atoms with E-state index in [0.29, 0.717) is 11.4 Å². The molecular formula is C11H13N3O2. The van der Waals surface area contributed by atoms with E-state index in [9.17, 15) is 9.90 Å². The van der Waals surface area contributed by atoms with Gasteiger partial charge >= 0.3 is 5.97 Å². The van der Waals surface area contributed by atoms with Crippen LogP contribution in [0.15, 0.2) is 12.4 Å². The van der Waals surface area contributed by atoms with E-state index in [1.807, 2.05) is 0 Å². The lowest BCUT2D eigenvalue weighted by atomic mass is 9.96. The first-order valence-electron chi connectivity index (χ1n) is 4.72. The lowest BCUT2D eigenvalue weighted by molar-refractivity contribution is -0.144. The number of carbonyl (C=O) groups is 1. The molecule has 0 aliphatic carbocycles. The highest BCUT2D eigenvalue weighted by molar-refractivity contribution is 5.79. The molecule has 5 nitrogen and oxygen atoms in total. The number of terminal acetylenes is 1. The lowest BCUT2D eigenvalue weighted by Crippen LogP contribution is -2.48. The molecule has 1 atom stereocenters. The monoisotopic (exact) mass is 219 g/mol. The van der Waals surface area contributed by atoms with Crippen LogP contribution in [0.4, 0.5) is 0 Å². The number of aromatic nitrogens is 2.